The molecule has 88 valence electrons. The fourth-order valence-corrected chi connectivity index (χ4v) is 2.87. The van der Waals surface area contributed by atoms with Crippen molar-refractivity contribution in [2.75, 3.05) is 39.3 Å². The van der Waals surface area contributed by atoms with Crippen LogP contribution in [0.2, 0.25) is 0 Å². The minimum Gasteiger partial charge on any atom is -0.359 e. The third-order valence-electron chi connectivity index (χ3n) is 3.72. The van der Waals surface area contributed by atoms with E-state index in [1.807, 2.05) is 0 Å². The average molecular weight is 220 g/mol. The zero-order valence-corrected chi connectivity index (χ0v) is 9.86. The fourth-order valence-electron chi connectivity index (χ4n) is 2.87. The molecule has 4 rings (SSSR count). The first-order valence-corrected chi connectivity index (χ1v) is 6.50. The Morgan fingerprint density at radius 2 is 1.19 bits per heavy atom. The van der Waals surface area contributed by atoms with Gasteiger partial charge in [0.2, 0.25) is 0 Å². The van der Waals surface area contributed by atoms with Gasteiger partial charge < -0.3 is 9.80 Å². The molecule has 0 atom stereocenters. The lowest BCUT2D eigenvalue weighted by atomic mass is 10.4. The third-order valence-corrected chi connectivity index (χ3v) is 3.72. The molecule has 0 saturated carbocycles. The molecule has 0 radical (unpaired) electrons. The summed E-state index contributed by atoms with van der Waals surface area (Å²) in [7, 11) is 0. The van der Waals surface area contributed by atoms with Gasteiger partial charge in [-0.15, -0.1) is 0 Å². The van der Waals surface area contributed by atoms with Crippen LogP contribution in [-0.4, -0.2) is 60.7 Å². The summed E-state index contributed by atoms with van der Waals surface area (Å²) in [4.78, 5) is 13.5. The van der Waals surface area contributed by atoms with Crippen LogP contribution < -0.4 is 0 Å². The molecular weight excluding hydrogens is 200 g/mol. The van der Waals surface area contributed by atoms with Gasteiger partial charge in [0, 0.05) is 39.0 Å². The van der Waals surface area contributed by atoms with E-state index in [1.54, 1.807) is 0 Å². The molecule has 0 amide bonds. The van der Waals surface area contributed by atoms with Crippen molar-refractivity contribution in [2.24, 2.45) is 9.98 Å². The van der Waals surface area contributed by atoms with Crippen molar-refractivity contribution in [3.8, 4) is 0 Å². The molecule has 0 aromatic rings. The van der Waals surface area contributed by atoms with E-state index >= 15 is 0 Å². The number of hydrogen-bond donors (Lipinski definition) is 0. The summed E-state index contributed by atoms with van der Waals surface area (Å²) in [5.74, 6) is 2.73. The highest BCUT2D eigenvalue weighted by molar-refractivity contribution is 5.85. The van der Waals surface area contributed by atoms with Crippen LogP contribution in [0.15, 0.2) is 9.98 Å². The number of amidine groups is 2. The predicted octanol–water partition coefficient (Wildman–Crippen LogP) is 0.989. The van der Waals surface area contributed by atoms with Crippen LogP contribution in [0.4, 0.5) is 0 Å². The molecule has 16 heavy (non-hydrogen) atoms. The van der Waals surface area contributed by atoms with E-state index < -0.39 is 0 Å². The highest BCUT2D eigenvalue weighted by Crippen LogP contribution is 2.15. The summed E-state index contributed by atoms with van der Waals surface area (Å²) in [6.07, 6.45) is 5.14. The Labute approximate surface area is 97.0 Å². The van der Waals surface area contributed by atoms with Gasteiger partial charge in [-0.1, -0.05) is 0 Å². The zero-order valence-electron chi connectivity index (χ0n) is 9.86. The molecule has 4 aliphatic rings. The van der Waals surface area contributed by atoms with Crippen LogP contribution in [0, 0.1) is 0 Å². The van der Waals surface area contributed by atoms with Gasteiger partial charge in [0.1, 0.15) is 0 Å². The van der Waals surface area contributed by atoms with Crippen molar-refractivity contribution < 1.29 is 0 Å². The molecule has 2 fully saturated rings. The van der Waals surface area contributed by atoms with Crippen molar-refractivity contribution in [3.05, 3.63) is 0 Å². The molecule has 4 heterocycles. The first-order chi connectivity index (χ1) is 7.93. The lowest BCUT2D eigenvalue weighted by Gasteiger charge is -2.08. The first kappa shape index (κ1) is 10.1. The van der Waals surface area contributed by atoms with E-state index in [0.29, 0.717) is 0 Å². The molecule has 4 aliphatic heterocycles. The molecule has 0 bridgehead atoms. The van der Waals surface area contributed by atoms with Crippen LogP contribution in [0.25, 0.3) is 0 Å². The summed E-state index contributed by atoms with van der Waals surface area (Å²) >= 11 is 0. The zero-order chi connectivity index (χ0) is 10.8. The molecule has 0 aromatic heterocycles. The van der Waals surface area contributed by atoms with Crippen molar-refractivity contribution in [1.29, 1.82) is 0 Å². The summed E-state index contributed by atoms with van der Waals surface area (Å²) < 4.78 is 0. The number of hydrogen-bond acceptors (Lipinski definition) is 4. The number of rotatable bonds is 0. The van der Waals surface area contributed by atoms with Crippen LogP contribution in [0.3, 0.4) is 0 Å². The summed E-state index contributed by atoms with van der Waals surface area (Å²) in [6, 6.07) is 0. The molecule has 2 saturated heterocycles. The quantitative estimate of drug-likeness (QED) is 0.609. The second kappa shape index (κ2) is 4.44. The molecule has 4 nitrogen and oxygen atoms in total. The van der Waals surface area contributed by atoms with Gasteiger partial charge >= 0.3 is 0 Å². The van der Waals surface area contributed by atoms with Crippen LogP contribution in [0.1, 0.15) is 25.7 Å². The highest BCUT2D eigenvalue weighted by Gasteiger charge is 2.21. The standard InChI is InChI=1S/2C6H10N2/c2*1-2-6-7-3-5-8(6)4-1/h2*1-5H2. The maximum absolute atomic E-state index is 4.34. The topological polar surface area (TPSA) is 31.2 Å². The van der Waals surface area contributed by atoms with Gasteiger partial charge in [0.05, 0.1) is 24.8 Å². The molecular formula is C12H20N4. The molecule has 0 aliphatic carbocycles. The summed E-state index contributed by atoms with van der Waals surface area (Å²) in [6.45, 7) is 7.01. The smallest absolute Gasteiger partial charge is 0.0991 e. The second-order valence-electron chi connectivity index (χ2n) is 4.78. The van der Waals surface area contributed by atoms with Crippen molar-refractivity contribution in [3.63, 3.8) is 0 Å². The third kappa shape index (κ3) is 1.93. The molecule has 0 unspecified atom stereocenters. The Hall–Kier alpha value is -1.06. The van der Waals surface area contributed by atoms with Gasteiger partial charge in [-0.3, -0.25) is 9.98 Å². The largest absolute Gasteiger partial charge is 0.359 e. The fraction of sp³-hybridized carbons (Fsp3) is 0.833. The number of fused-ring (bicyclic) bond motifs is 2. The molecule has 0 aromatic carbocycles. The molecule has 4 heteroatoms. The van der Waals surface area contributed by atoms with Crippen molar-refractivity contribution >= 4 is 11.7 Å². The lowest BCUT2D eigenvalue weighted by Crippen LogP contribution is -2.20. The Balaban J connectivity index is 0.000000101. The number of aliphatic imine (C=N–C) groups is 2. The monoisotopic (exact) mass is 220 g/mol. The maximum atomic E-state index is 4.34. The Bertz CT molecular complexity index is 289. The lowest BCUT2D eigenvalue weighted by molar-refractivity contribution is 0.492. The summed E-state index contributed by atoms with van der Waals surface area (Å²) in [5, 5.41) is 0. The normalized spacial score (nSPS) is 26.0. The van der Waals surface area contributed by atoms with Gasteiger partial charge in [0.25, 0.3) is 0 Å². The molecule has 0 N–H and O–H groups in total. The van der Waals surface area contributed by atoms with Crippen molar-refractivity contribution in [2.45, 2.75) is 25.7 Å². The second-order valence-corrected chi connectivity index (χ2v) is 4.78. The number of nitrogens with zero attached hydrogens (tertiary/aromatic N) is 4. The first-order valence-electron chi connectivity index (χ1n) is 6.50. The Kier molecular flexibility index (Phi) is 2.80. The van der Waals surface area contributed by atoms with E-state index in [4.69, 9.17) is 0 Å². The van der Waals surface area contributed by atoms with Gasteiger partial charge in [-0.25, -0.2) is 0 Å². The Morgan fingerprint density at radius 1 is 0.688 bits per heavy atom. The van der Waals surface area contributed by atoms with E-state index in [0.717, 1.165) is 13.1 Å². The van der Waals surface area contributed by atoms with Crippen LogP contribution in [-0.2, 0) is 0 Å². The van der Waals surface area contributed by atoms with E-state index in [9.17, 15) is 0 Å². The van der Waals surface area contributed by atoms with Gasteiger partial charge in [-0.05, 0) is 12.8 Å². The van der Waals surface area contributed by atoms with E-state index in [-0.39, 0.29) is 0 Å². The highest BCUT2D eigenvalue weighted by atomic mass is 15.3. The van der Waals surface area contributed by atoms with Gasteiger partial charge in [-0.2, -0.15) is 0 Å². The van der Waals surface area contributed by atoms with Crippen LogP contribution >= 0.6 is 0 Å². The molecule has 0 spiro atoms. The predicted molar refractivity (Wildman–Crippen MR) is 66.2 cm³/mol. The van der Waals surface area contributed by atoms with E-state index in [1.165, 1.54) is 63.5 Å². The van der Waals surface area contributed by atoms with Crippen molar-refractivity contribution in [1.82, 2.24) is 9.80 Å². The summed E-state index contributed by atoms with van der Waals surface area (Å²) in [5.41, 5.74) is 0. The Morgan fingerprint density at radius 3 is 1.62 bits per heavy atom. The minimum absolute atomic E-state index is 1.05. The van der Waals surface area contributed by atoms with Crippen LogP contribution in [0.5, 0.6) is 0 Å². The van der Waals surface area contributed by atoms with E-state index in [2.05, 4.69) is 19.8 Å². The minimum atomic E-state index is 1.05. The average Bonchev–Trinajstić information content (AvgIpc) is 2.99. The SMILES string of the molecule is C1CC2=NCCN2C1.C1CC2=NCCN2C1. The maximum Gasteiger partial charge on any atom is 0.0991 e. The van der Waals surface area contributed by atoms with Gasteiger partial charge in [0.15, 0.2) is 0 Å².